The first-order chi connectivity index (χ1) is 15.3. The number of hydrogen-bond donors (Lipinski definition) is 1. The van der Waals surface area contributed by atoms with E-state index in [1.807, 2.05) is 51.0 Å². The molecule has 2 aliphatic rings. The number of carbonyl (C=O) groups is 2. The van der Waals surface area contributed by atoms with Gasteiger partial charge in [0.15, 0.2) is 5.82 Å². The molecule has 4 rings (SSSR count). The predicted octanol–water partition coefficient (Wildman–Crippen LogP) is 1.82. The van der Waals surface area contributed by atoms with Crippen molar-refractivity contribution < 1.29 is 9.59 Å². The number of aromatic nitrogens is 3. The van der Waals surface area contributed by atoms with Gasteiger partial charge in [0.2, 0.25) is 23.7 Å². The summed E-state index contributed by atoms with van der Waals surface area (Å²) < 4.78 is 0. The van der Waals surface area contributed by atoms with Gasteiger partial charge in [0.25, 0.3) is 0 Å². The van der Waals surface area contributed by atoms with E-state index in [0.717, 1.165) is 37.2 Å². The lowest BCUT2D eigenvalue weighted by Gasteiger charge is -2.19. The van der Waals surface area contributed by atoms with Gasteiger partial charge in [-0.3, -0.25) is 9.59 Å². The molecular formula is C23H31N7O2. The van der Waals surface area contributed by atoms with Crippen LogP contribution in [0.5, 0.6) is 0 Å². The summed E-state index contributed by atoms with van der Waals surface area (Å²) in [5.74, 6) is 1.18. The van der Waals surface area contributed by atoms with Crippen molar-refractivity contribution >= 4 is 29.4 Å². The van der Waals surface area contributed by atoms with Gasteiger partial charge in [0.1, 0.15) is 0 Å². The first-order valence-electron chi connectivity index (χ1n) is 11.1. The molecule has 0 bridgehead atoms. The number of anilines is 3. The molecule has 2 aromatic rings. The fraction of sp³-hybridized carbons (Fsp3) is 0.522. The Kier molecular flexibility index (Phi) is 6.25. The highest BCUT2D eigenvalue weighted by atomic mass is 16.2. The van der Waals surface area contributed by atoms with Crippen molar-refractivity contribution in [1.82, 2.24) is 20.3 Å². The summed E-state index contributed by atoms with van der Waals surface area (Å²) >= 11 is 0. The van der Waals surface area contributed by atoms with Gasteiger partial charge < -0.3 is 20.0 Å². The van der Waals surface area contributed by atoms with Crippen LogP contribution in [0.15, 0.2) is 18.2 Å². The third-order valence-corrected chi connectivity index (χ3v) is 6.17. The number of benzene rings is 1. The number of hydrogen-bond acceptors (Lipinski definition) is 7. The molecule has 0 radical (unpaired) electrons. The summed E-state index contributed by atoms with van der Waals surface area (Å²) in [5, 5.41) is 2.93. The van der Waals surface area contributed by atoms with Crippen LogP contribution in [-0.2, 0) is 16.1 Å². The zero-order valence-electron chi connectivity index (χ0n) is 19.3. The topological polar surface area (TPSA) is 94.6 Å². The number of nitrogens with one attached hydrogen (secondary N) is 1. The van der Waals surface area contributed by atoms with Crippen molar-refractivity contribution in [2.75, 3.05) is 48.4 Å². The molecule has 0 spiro atoms. The Balaban J connectivity index is 1.42. The van der Waals surface area contributed by atoms with E-state index < -0.39 is 5.92 Å². The third kappa shape index (κ3) is 4.66. The van der Waals surface area contributed by atoms with Crippen molar-refractivity contribution in [3.05, 3.63) is 35.2 Å². The minimum Gasteiger partial charge on any atom is -0.348 e. The van der Waals surface area contributed by atoms with Crippen molar-refractivity contribution in [3.63, 3.8) is 0 Å². The van der Waals surface area contributed by atoms with E-state index in [1.54, 1.807) is 4.90 Å². The molecule has 1 atom stereocenters. The summed E-state index contributed by atoms with van der Waals surface area (Å²) in [6, 6.07) is 5.95. The van der Waals surface area contributed by atoms with Gasteiger partial charge in [0, 0.05) is 45.8 Å². The van der Waals surface area contributed by atoms with Gasteiger partial charge in [-0.15, -0.1) is 0 Å². The van der Waals surface area contributed by atoms with E-state index in [2.05, 4.69) is 25.2 Å². The largest absolute Gasteiger partial charge is 0.348 e. The van der Waals surface area contributed by atoms with Gasteiger partial charge in [-0.25, -0.2) is 0 Å². The van der Waals surface area contributed by atoms with Crippen molar-refractivity contribution in [3.8, 4) is 0 Å². The molecule has 32 heavy (non-hydrogen) atoms. The van der Waals surface area contributed by atoms with Gasteiger partial charge in [-0.2, -0.15) is 15.0 Å². The normalized spacial score (nSPS) is 18.4. The molecule has 9 heteroatoms. The monoisotopic (exact) mass is 437 g/mol. The molecule has 2 fully saturated rings. The Morgan fingerprint density at radius 2 is 1.88 bits per heavy atom. The van der Waals surface area contributed by atoms with E-state index in [0.29, 0.717) is 24.3 Å². The molecule has 1 N–H and O–H groups in total. The molecule has 0 saturated carbocycles. The number of nitrogens with zero attached hydrogens (tertiary/aromatic N) is 6. The quantitative estimate of drug-likeness (QED) is 0.737. The molecule has 2 amide bonds. The van der Waals surface area contributed by atoms with Crippen LogP contribution in [0.2, 0.25) is 0 Å². The Bertz CT molecular complexity index is 1020. The van der Waals surface area contributed by atoms with E-state index in [9.17, 15) is 9.59 Å². The Labute approximate surface area is 188 Å². The molecule has 0 aliphatic carbocycles. The van der Waals surface area contributed by atoms with Gasteiger partial charge >= 0.3 is 0 Å². The third-order valence-electron chi connectivity index (χ3n) is 6.17. The van der Waals surface area contributed by atoms with Crippen LogP contribution in [0, 0.1) is 19.8 Å². The van der Waals surface area contributed by atoms with Crippen LogP contribution in [0.1, 0.15) is 36.2 Å². The Morgan fingerprint density at radius 1 is 1.12 bits per heavy atom. The lowest BCUT2D eigenvalue weighted by Crippen LogP contribution is -2.33. The SMILES string of the molecule is Cc1ccc(N2CC(C(=O)NCc3nc(N(C)C)nc(N4CCCC4)n3)CC2=O)cc1C. The average Bonchev–Trinajstić information content (AvgIpc) is 3.44. The van der Waals surface area contributed by atoms with Crippen LogP contribution in [-0.4, -0.2) is 60.5 Å². The summed E-state index contributed by atoms with van der Waals surface area (Å²) in [6.07, 6.45) is 2.46. The maximum atomic E-state index is 12.8. The minimum absolute atomic E-state index is 0.0280. The summed E-state index contributed by atoms with van der Waals surface area (Å²) in [4.78, 5) is 44.7. The maximum absolute atomic E-state index is 12.8. The standard InChI is InChI=1S/C23H31N7O2/c1-15-7-8-18(11-16(15)2)30-14-17(12-20(30)31)21(32)24-13-19-25-22(28(3)4)27-23(26-19)29-9-5-6-10-29/h7-8,11,17H,5-6,9-10,12-14H2,1-4H3,(H,24,32). The molecule has 1 aromatic heterocycles. The molecule has 170 valence electrons. The van der Waals surface area contributed by atoms with Crippen LogP contribution >= 0.6 is 0 Å². The van der Waals surface area contributed by atoms with Gasteiger partial charge in [-0.1, -0.05) is 6.07 Å². The highest BCUT2D eigenvalue weighted by Gasteiger charge is 2.35. The van der Waals surface area contributed by atoms with Gasteiger partial charge in [-0.05, 0) is 49.9 Å². The number of amides is 2. The Hall–Kier alpha value is -3.23. The second-order valence-corrected chi connectivity index (χ2v) is 8.83. The first-order valence-corrected chi connectivity index (χ1v) is 11.1. The molecule has 1 aromatic carbocycles. The second-order valence-electron chi connectivity index (χ2n) is 8.83. The second kappa shape index (κ2) is 9.10. The fourth-order valence-electron chi connectivity index (χ4n) is 4.07. The highest BCUT2D eigenvalue weighted by molar-refractivity contribution is 6.00. The highest BCUT2D eigenvalue weighted by Crippen LogP contribution is 2.27. The fourth-order valence-corrected chi connectivity index (χ4v) is 4.07. The van der Waals surface area contributed by atoms with Crippen molar-refractivity contribution in [2.24, 2.45) is 5.92 Å². The predicted molar refractivity (Wildman–Crippen MR) is 124 cm³/mol. The molecule has 2 saturated heterocycles. The van der Waals surface area contributed by atoms with E-state index >= 15 is 0 Å². The first kappa shape index (κ1) is 22.0. The number of carbonyl (C=O) groups excluding carboxylic acids is 2. The Morgan fingerprint density at radius 3 is 2.56 bits per heavy atom. The zero-order valence-corrected chi connectivity index (χ0v) is 19.3. The van der Waals surface area contributed by atoms with Gasteiger partial charge in [0.05, 0.1) is 12.5 Å². The van der Waals surface area contributed by atoms with Crippen molar-refractivity contribution in [2.45, 2.75) is 39.7 Å². The van der Waals surface area contributed by atoms with Crippen molar-refractivity contribution in [1.29, 1.82) is 0 Å². The maximum Gasteiger partial charge on any atom is 0.230 e. The lowest BCUT2D eigenvalue weighted by atomic mass is 10.1. The van der Waals surface area contributed by atoms with E-state index in [4.69, 9.17) is 0 Å². The molecule has 2 aliphatic heterocycles. The number of rotatable bonds is 6. The van der Waals surface area contributed by atoms with Crippen LogP contribution in [0.25, 0.3) is 0 Å². The lowest BCUT2D eigenvalue weighted by molar-refractivity contribution is -0.126. The van der Waals surface area contributed by atoms with Crippen LogP contribution in [0.3, 0.4) is 0 Å². The number of aryl methyl sites for hydroxylation is 2. The smallest absolute Gasteiger partial charge is 0.230 e. The molecule has 9 nitrogen and oxygen atoms in total. The zero-order chi connectivity index (χ0) is 22.8. The van der Waals surface area contributed by atoms with Crippen LogP contribution in [0.4, 0.5) is 17.6 Å². The summed E-state index contributed by atoms with van der Waals surface area (Å²) in [7, 11) is 3.77. The molecular weight excluding hydrogens is 406 g/mol. The van der Waals surface area contributed by atoms with E-state index in [-0.39, 0.29) is 24.8 Å². The molecule has 1 unspecified atom stereocenters. The summed E-state index contributed by atoms with van der Waals surface area (Å²) in [6.45, 7) is 6.52. The average molecular weight is 438 g/mol. The van der Waals surface area contributed by atoms with Crippen LogP contribution < -0.4 is 20.0 Å². The minimum atomic E-state index is -0.391. The summed E-state index contributed by atoms with van der Waals surface area (Å²) in [5.41, 5.74) is 3.15. The molecule has 3 heterocycles. The van der Waals surface area contributed by atoms with E-state index in [1.165, 1.54) is 5.56 Å².